The second kappa shape index (κ2) is 7.17. The Balaban J connectivity index is 0.00000162. The zero-order valence-electron chi connectivity index (χ0n) is 10.2. The smallest absolute Gasteiger partial charge is 0.872 e. The van der Waals surface area contributed by atoms with Gasteiger partial charge in [-0.3, -0.25) is 4.79 Å². The van der Waals surface area contributed by atoms with Gasteiger partial charge >= 0.3 is 29.6 Å². The van der Waals surface area contributed by atoms with E-state index >= 15 is 0 Å². The Morgan fingerprint density at radius 3 is 1.78 bits per heavy atom. The molecule has 0 radical (unpaired) electrons. The predicted molar refractivity (Wildman–Crippen MR) is 65.2 cm³/mol. The summed E-state index contributed by atoms with van der Waals surface area (Å²) in [6, 6.07) is 17.5. The molecule has 0 saturated heterocycles. The van der Waals surface area contributed by atoms with Gasteiger partial charge in [0.1, 0.15) is 0 Å². The van der Waals surface area contributed by atoms with Crippen molar-refractivity contribution in [3.63, 3.8) is 0 Å². The molecule has 0 aromatic heterocycles. The van der Waals surface area contributed by atoms with E-state index in [1.165, 1.54) is 0 Å². The molecule has 2 rings (SSSR count). The van der Waals surface area contributed by atoms with E-state index in [-0.39, 0.29) is 41.1 Å². The SMILES string of the molecule is O=C(/C=C(\[O-])c1ccccc1)c1ccccc1.[Na+]. The van der Waals surface area contributed by atoms with E-state index in [2.05, 4.69) is 0 Å². The van der Waals surface area contributed by atoms with Crippen LogP contribution in [0.4, 0.5) is 0 Å². The summed E-state index contributed by atoms with van der Waals surface area (Å²) < 4.78 is 0. The van der Waals surface area contributed by atoms with Crippen LogP contribution in [0.1, 0.15) is 15.9 Å². The zero-order chi connectivity index (χ0) is 12.1. The Morgan fingerprint density at radius 2 is 1.28 bits per heavy atom. The van der Waals surface area contributed by atoms with Gasteiger partial charge in [-0.1, -0.05) is 66.4 Å². The molecule has 3 heteroatoms. The Labute approximate surface area is 128 Å². The monoisotopic (exact) mass is 246 g/mol. The molecule has 0 fully saturated rings. The van der Waals surface area contributed by atoms with Crippen molar-refractivity contribution in [3.05, 3.63) is 77.9 Å². The Morgan fingerprint density at radius 1 is 0.833 bits per heavy atom. The summed E-state index contributed by atoms with van der Waals surface area (Å²) in [5.74, 6) is -0.529. The average molecular weight is 246 g/mol. The predicted octanol–water partition coefficient (Wildman–Crippen LogP) is -0.725. The second-order valence-corrected chi connectivity index (χ2v) is 3.60. The van der Waals surface area contributed by atoms with Gasteiger partial charge < -0.3 is 5.11 Å². The number of hydrogen-bond donors (Lipinski definition) is 0. The quantitative estimate of drug-likeness (QED) is 0.310. The molecule has 18 heavy (non-hydrogen) atoms. The van der Waals surface area contributed by atoms with Gasteiger partial charge in [0.25, 0.3) is 0 Å². The molecule has 0 saturated carbocycles. The zero-order valence-corrected chi connectivity index (χ0v) is 12.2. The van der Waals surface area contributed by atoms with E-state index in [1.807, 2.05) is 12.1 Å². The van der Waals surface area contributed by atoms with Gasteiger partial charge in [-0.2, -0.15) is 0 Å². The standard InChI is InChI=1S/C15H12O2.Na/c16-14(12-7-3-1-4-8-12)11-15(17)13-9-5-2-6-10-13;/h1-11,16H;/q;+1/p-1/b14-11-;. The van der Waals surface area contributed by atoms with Gasteiger partial charge in [0, 0.05) is 5.56 Å². The molecule has 0 aliphatic carbocycles. The summed E-state index contributed by atoms with van der Waals surface area (Å²) in [6.07, 6.45) is 1.13. The summed E-state index contributed by atoms with van der Waals surface area (Å²) >= 11 is 0. The van der Waals surface area contributed by atoms with Crippen molar-refractivity contribution >= 4 is 11.5 Å². The molecule has 0 unspecified atom stereocenters. The third-order valence-electron chi connectivity index (χ3n) is 2.38. The summed E-state index contributed by atoms with van der Waals surface area (Å²) in [6.45, 7) is 0. The molecule has 0 heterocycles. The van der Waals surface area contributed by atoms with Gasteiger partial charge in [-0.15, -0.1) is 0 Å². The third-order valence-corrected chi connectivity index (χ3v) is 2.38. The van der Waals surface area contributed by atoms with Crippen LogP contribution < -0.4 is 34.7 Å². The Bertz CT molecular complexity index is 533. The number of carbonyl (C=O) groups is 1. The average Bonchev–Trinajstić information content (AvgIpc) is 2.40. The van der Waals surface area contributed by atoms with Gasteiger partial charge in [-0.05, 0) is 11.6 Å². The molecule has 0 aliphatic rings. The van der Waals surface area contributed by atoms with Crippen molar-refractivity contribution in [2.45, 2.75) is 0 Å². The van der Waals surface area contributed by atoms with E-state index in [0.717, 1.165) is 6.08 Å². The van der Waals surface area contributed by atoms with Crippen molar-refractivity contribution in [2.75, 3.05) is 0 Å². The number of carbonyl (C=O) groups excluding carboxylic acids is 1. The van der Waals surface area contributed by atoms with Gasteiger partial charge in [0.2, 0.25) is 0 Å². The van der Waals surface area contributed by atoms with E-state index in [1.54, 1.807) is 48.5 Å². The van der Waals surface area contributed by atoms with Crippen molar-refractivity contribution in [1.82, 2.24) is 0 Å². The number of allylic oxidation sites excluding steroid dienone is 1. The van der Waals surface area contributed by atoms with Crippen LogP contribution in [0.25, 0.3) is 5.76 Å². The fourth-order valence-corrected chi connectivity index (χ4v) is 1.49. The fraction of sp³-hybridized carbons (Fsp3) is 0. The first-order chi connectivity index (χ1) is 8.27. The summed E-state index contributed by atoms with van der Waals surface area (Å²) in [5, 5.41) is 11.8. The van der Waals surface area contributed by atoms with Crippen molar-refractivity contribution in [2.24, 2.45) is 0 Å². The largest absolute Gasteiger partial charge is 1.00 e. The van der Waals surface area contributed by atoms with Crippen LogP contribution in [0, 0.1) is 0 Å². The molecule has 0 N–H and O–H groups in total. The summed E-state index contributed by atoms with van der Waals surface area (Å²) in [5.41, 5.74) is 1.05. The minimum absolute atomic E-state index is 0. The molecule has 0 bridgehead atoms. The maximum Gasteiger partial charge on any atom is 1.00 e. The first kappa shape index (κ1) is 14.7. The molecule has 2 aromatic rings. The fourth-order valence-electron chi connectivity index (χ4n) is 1.49. The van der Waals surface area contributed by atoms with Crippen molar-refractivity contribution in [1.29, 1.82) is 0 Å². The number of ketones is 1. The number of hydrogen-bond acceptors (Lipinski definition) is 2. The van der Waals surface area contributed by atoms with E-state index in [4.69, 9.17) is 0 Å². The van der Waals surface area contributed by atoms with Gasteiger partial charge in [0.05, 0.1) is 0 Å². The minimum atomic E-state index is -0.264. The van der Waals surface area contributed by atoms with Crippen LogP contribution in [0.5, 0.6) is 0 Å². The molecule has 0 aliphatic heterocycles. The maximum atomic E-state index is 11.8. The topological polar surface area (TPSA) is 40.1 Å². The minimum Gasteiger partial charge on any atom is -0.872 e. The van der Waals surface area contributed by atoms with Gasteiger partial charge in [0.15, 0.2) is 5.78 Å². The van der Waals surface area contributed by atoms with Gasteiger partial charge in [-0.25, -0.2) is 0 Å². The molecule has 2 aromatic carbocycles. The Kier molecular flexibility index (Phi) is 5.86. The van der Waals surface area contributed by atoms with Crippen LogP contribution in [-0.4, -0.2) is 5.78 Å². The molecular weight excluding hydrogens is 235 g/mol. The van der Waals surface area contributed by atoms with Crippen molar-refractivity contribution < 1.29 is 39.5 Å². The van der Waals surface area contributed by atoms with Crippen LogP contribution in [0.15, 0.2) is 66.7 Å². The Hall–Kier alpha value is -1.35. The second-order valence-electron chi connectivity index (χ2n) is 3.60. The normalized spacial score (nSPS) is 10.6. The van der Waals surface area contributed by atoms with E-state index in [9.17, 15) is 9.90 Å². The number of benzene rings is 2. The summed E-state index contributed by atoms with van der Waals surface area (Å²) in [4.78, 5) is 11.8. The number of rotatable bonds is 3. The van der Waals surface area contributed by atoms with E-state index < -0.39 is 0 Å². The van der Waals surface area contributed by atoms with E-state index in [0.29, 0.717) is 11.1 Å². The molecule has 0 amide bonds. The first-order valence-corrected chi connectivity index (χ1v) is 5.31. The molecule has 84 valence electrons. The molecular formula is C15H11NaO2. The maximum absolute atomic E-state index is 11.8. The van der Waals surface area contributed by atoms with Crippen LogP contribution in [0.3, 0.4) is 0 Å². The van der Waals surface area contributed by atoms with Crippen LogP contribution in [0.2, 0.25) is 0 Å². The molecule has 0 atom stereocenters. The molecule has 2 nitrogen and oxygen atoms in total. The van der Waals surface area contributed by atoms with Crippen LogP contribution in [-0.2, 0) is 0 Å². The molecule has 0 spiro atoms. The summed E-state index contributed by atoms with van der Waals surface area (Å²) in [7, 11) is 0. The van der Waals surface area contributed by atoms with Crippen molar-refractivity contribution in [3.8, 4) is 0 Å². The first-order valence-electron chi connectivity index (χ1n) is 5.31. The van der Waals surface area contributed by atoms with Crippen LogP contribution >= 0.6 is 0 Å². The third kappa shape index (κ3) is 3.84.